The molecule has 0 heterocycles. The van der Waals surface area contributed by atoms with Crippen molar-refractivity contribution in [1.29, 1.82) is 0 Å². The molecule has 2 N–H and O–H groups in total. The van der Waals surface area contributed by atoms with Crippen LogP contribution in [0, 0.1) is 0 Å². The van der Waals surface area contributed by atoms with Gasteiger partial charge in [-0.05, 0) is 22.9 Å². The Morgan fingerprint density at radius 2 is 2.29 bits per heavy atom. The van der Waals surface area contributed by atoms with E-state index in [0.29, 0.717) is 0 Å². The van der Waals surface area contributed by atoms with Crippen molar-refractivity contribution >= 4 is 15.9 Å². The Morgan fingerprint density at radius 3 is 2.29 bits per heavy atom. The fraction of sp³-hybridized carbons (Fsp3) is 0.200. The van der Waals surface area contributed by atoms with Crippen LogP contribution in [0.4, 0.5) is 0 Å². The quantitative estimate of drug-likeness (QED) is 0.584. The average Bonchev–Trinajstić information content (AvgIpc) is 1.65. The van der Waals surface area contributed by atoms with Crippen LogP contribution in [0.15, 0.2) is 22.8 Å². The van der Waals surface area contributed by atoms with Gasteiger partial charge in [0.25, 0.3) is 0 Å². The van der Waals surface area contributed by atoms with Gasteiger partial charge in [-0.2, -0.15) is 0 Å². The fourth-order valence-corrected chi connectivity index (χ4v) is 0.161. The first kappa shape index (κ1) is 6.76. The second kappa shape index (κ2) is 2.86. The van der Waals surface area contributed by atoms with Crippen LogP contribution in [0.25, 0.3) is 0 Å². The van der Waals surface area contributed by atoms with Gasteiger partial charge < -0.3 is 5.73 Å². The molecule has 0 rings (SSSR count). The molecule has 0 amide bonds. The van der Waals surface area contributed by atoms with Crippen molar-refractivity contribution in [3.63, 3.8) is 0 Å². The Bertz CT molecular complexity index is 101. The second-order valence-electron chi connectivity index (χ2n) is 1.24. The Labute approximate surface area is 52.0 Å². The van der Waals surface area contributed by atoms with E-state index in [1.54, 1.807) is 6.08 Å². The lowest BCUT2D eigenvalue weighted by Crippen LogP contribution is -1.90. The molecule has 0 saturated carbocycles. The minimum Gasteiger partial charge on any atom is -0.401 e. The lowest BCUT2D eigenvalue weighted by atomic mass is 10.4. The summed E-state index contributed by atoms with van der Waals surface area (Å²) in [6.45, 7) is 5.31. The van der Waals surface area contributed by atoms with Crippen molar-refractivity contribution < 1.29 is 0 Å². The number of nitrogens with two attached hydrogens (primary N) is 1. The maximum absolute atomic E-state index is 5.31. The highest BCUT2D eigenvalue weighted by Crippen LogP contribution is 2.06. The van der Waals surface area contributed by atoms with Gasteiger partial charge in [0.15, 0.2) is 0 Å². The van der Waals surface area contributed by atoms with Crippen LogP contribution in [-0.4, -0.2) is 0 Å². The number of hydrogen-bond acceptors (Lipinski definition) is 1. The van der Waals surface area contributed by atoms with E-state index in [9.17, 15) is 0 Å². The first-order chi connectivity index (χ1) is 3.18. The van der Waals surface area contributed by atoms with Crippen LogP contribution in [-0.2, 0) is 0 Å². The lowest BCUT2D eigenvalue weighted by Gasteiger charge is -1.88. The van der Waals surface area contributed by atoms with Gasteiger partial charge in [0.05, 0.1) is 0 Å². The molecule has 0 bridgehead atoms. The van der Waals surface area contributed by atoms with Crippen LogP contribution >= 0.6 is 15.9 Å². The van der Waals surface area contributed by atoms with Gasteiger partial charge in [0, 0.05) is 10.2 Å². The molecule has 0 unspecified atom stereocenters. The zero-order valence-electron chi connectivity index (χ0n) is 4.24. The largest absolute Gasteiger partial charge is 0.401 e. The molecule has 0 aromatic carbocycles. The van der Waals surface area contributed by atoms with Crippen molar-refractivity contribution in [2.45, 2.75) is 6.92 Å². The zero-order chi connectivity index (χ0) is 5.86. The Kier molecular flexibility index (Phi) is 2.76. The van der Waals surface area contributed by atoms with Gasteiger partial charge >= 0.3 is 0 Å². The van der Waals surface area contributed by atoms with Crippen LogP contribution in [0.3, 0.4) is 0 Å². The summed E-state index contributed by atoms with van der Waals surface area (Å²) in [5, 5.41) is 0. The fourth-order valence-electron chi connectivity index (χ4n) is 0.161. The molecule has 0 aromatic heterocycles. The molecular weight excluding hydrogens is 154 g/mol. The van der Waals surface area contributed by atoms with Crippen molar-refractivity contribution in [2.75, 3.05) is 0 Å². The zero-order valence-corrected chi connectivity index (χ0v) is 5.83. The SMILES string of the molecule is C=C/C(Br)=C(\C)N. The van der Waals surface area contributed by atoms with Gasteiger partial charge in [0.1, 0.15) is 0 Å². The average molecular weight is 162 g/mol. The summed E-state index contributed by atoms with van der Waals surface area (Å²) in [5.41, 5.74) is 6.07. The minimum absolute atomic E-state index is 0.759. The third-order valence-corrected chi connectivity index (χ3v) is 1.51. The summed E-state index contributed by atoms with van der Waals surface area (Å²) in [6.07, 6.45) is 1.66. The highest BCUT2D eigenvalue weighted by molar-refractivity contribution is 9.11. The first-order valence-corrected chi connectivity index (χ1v) is 2.72. The molecule has 1 nitrogen and oxygen atoms in total. The molecule has 7 heavy (non-hydrogen) atoms. The predicted molar refractivity (Wildman–Crippen MR) is 36.0 cm³/mol. The number of rotatable bonds is 1. The third kappa shape index (κ3) is 2.45. The maximum atomic E-state index is 5.31. The highest BCUT2D eigenvalue weighted by Gasteiger charge is 1.82. The van der Waals surface area contributed by atoms with Gasteiger partial charge in [-0.3, -0.25) is 0 Å². The maximum Gasteiger partial charge on any atom is 0.0353 e. The smallest absolute Gasteiger partial charge is 0.0353 e. The molecule has 0 atom stereocenters. The molecule has 0 saturated heterocycles. The van der Waals surface area contributed by atoms with E-state index >= 15 is 0 Å². The first-order valence-electron chi connectivity index (χ1n) is 1.92. The summed E-state index contributed by atoms with van der Waals surface area (Å²) in [7, 11) is 0. The van der Waals surface area contributed by atoms with E-state index in [-0.39, 0.29) is 0 Å². The van der Waals surface area contributed by atoms with Crippen molar-refractivity contribution in [3.05, 3.63) is 22.8 Å². The van der Waals surface area contributed by atoms with Crippen molar-refractivity contribution in [1.82, 2.24) is 0 Å². The lowest BCUT2D eigenvalue weighted by molar-refractivity contribution is 1.31. The Hall–Kier alpha value is -0.240. The van der Waals surface area contributed by atoms with Crippen LogP contribution in [0.1, 0.15) is 6.92 Å². The highest BCUT2D eigenvalue weighted by atomic mass is 79.9. The van der Waals surface area contributed by atoms with E-state index in [1.165, 1.54) is 0 Å². The van der Waals surface area contributed by atoms with E-state index in [2.05, 4.69) is 22.5 Å². The van der Waals surface area contributed by atoms with Gasteiger partial charge in [-0.15, -0.1) is 0 Å². The third-order valence-electron chi connectivity index (χ3n) is 0.556. The van der Waals surface area contributed by atoms with E-state index < -0.39 is 0 Å². The van der Waals surface area contributed by atoms with E-state index in [1.807, 2.05) is 6.92 Å². The molecule has 40 valence electrons. The predicted octanol–water partition coefficient (Wildman–Crippen LogP) is 1.76. The van der Waals surface area contributed by atoms with Crippen LogP contribution in [0.2, 0.25) is 0 Å². The number of hydrogen-bond donors (Lipinski definition) is 1. The van der Waals surface area contributed by atoms with Crippen molar-refractivity contribution in [2.24, 2.45) is 5.73 Å². The standard InChI is InChI=1S/C5H8BrN/c1-3-5(6)4(2)7/h3H,1,7H2,2H3/b5-4-. The molecule has 0 aliphatic carbocycles. The molecule has 0 aliphatic heterocycles. The van der Waals surface area contributed by atoms with Crippen LogP contribution in [0.5, 0.6) is 0 Å². The number of halogens is 1. The summed E-state index contributed by atoms with van der Waals surface area (Å²) in [5.74, 6) is 0. The second-order valence-corrected chi connectivity index (χ2v) is 2.09. The summed E-state index contributed by atoms with van der Waals surface area (Å²) in [4.78, 5) is 0. The molecule has 0 fully saturated rings. The number of allylic oxidation sites excluding steroid dienone is 3. The topological polar surface area (TPSA) is 26.0 Å². The molecule has 0 aliphatic rings. The summed E-state index contributed by atoms with van der Waals surface area (Å²) < 4.78 is 0.868. The molecule has 0 aromatic rings. The van der Waals surface area contributed by atoms with Crippen molar-refractivity contribution in [3.8, 4) is 0 Å². The Balaban J connectivity index is 3.98. The van der Waals surface area contributed by atoms with E-state index in [4.69, 9.17) is 5.73 Å². The minimum atomic E-state index is 0.759. The van der Waals surface area contributed by atoms with Gasteiger partial charge in [0.2, 0.25) is 0 Å². The summed E-state index contributed by atoms with van der Waals surface area (Å²) >= 11 is 3.18. The molecule has 2 heteroatoms. The van der Waals surface area contributed by atoms with Gasteiger partial charge in [-0.1, -0.05) is 12.7 Å². The summed E-state index contributed by atoms with van der Waals surface area (Å²) in [6, 6.07) is 0. The molecular formula is C5H8BrN. The molecule has 0 radical (unpaired) electrons. The van der Waals surface area contributed by atoms with Gasteiger partial charge in [-0.25, -0.2) is 0 Å². The normalized spacial score (nSPS) is 12.9. The van der Waals surface area contributed by atoms with E-state index in [0.717, 1.165) is 10.2 Å². The molecule has 0 spiro atoms. The Morgan fingerprint density at radius 1 is 1.86 bits per heavy atom. The van der Waals surface area contributed by atoms with Crippen LogP contribution < -0.4 is 5.73 Å². The monoisotopic (exact) mass is 161 g/mol.